The van der Waals surface area contributed by atoms with E-state index in [-0.39, 0.29) is 0 Å². The molecule has 2 rings (SSSR count). The molecule has 0 amide bonds. The van der Waals surface area contributed by atoms with Gasteiger partial charge in [0.05, 0.1) is 12.6 Å². The lowest BCUT2D eigenvalue weighted by atomic mass is 9.82. The Hall–Kier alpha value is -1.55. The van der Waals surface area contributed by atoms with E-state index < -0.39 is 0 Å². The van der Waals surface area contributed by atoms with Gasteiger partial charge >= 0.3 is 0 Å². The van der Waals surface area contributed by atoms with E-state index in [0.717, 1.165) is 17.7 Å². The number of anilines is 1. The number of rotatable bonds is 4. The minimum absolute atomic E-state index is 0.382. The van der Waals surface area contributed by atoms with E-state index in [0.29, 0.717) is 24.5 Å². The monoisotopic (exact) mass is 247 g/mol. The van der Waals surface area contributed by atoms with Gasteiger partial charge in [-0.15, -0.1) is 0 Å². The molecule has 1 fully saturated rings. The molecule has 3 N–H and O–H groups in total. The van der Waals surface area contributed by atoms with E-state index in [2.05, 4.69) is 17.2 Å². The van der Waals surface area contributed by atoms with Crippen LogP contribution in [-0.2, 0) is 11.3 Å². The van der Waals surface area contributed by atoms with Crippen LogP contribution >= 0.6 is 0 Å². The molecular weight excluding hydrogens is 226 g/mol. The Labute approximate surface area is 108 Å². The fourth-order valence-electron chi connectivity index (χ4n) is 2.11. The third-order valence-corrected chi connectivity index (χ3v) is 3.46. The molecule has 0 aromatic heterocycles. The van der Waals surface area contributed by atoms with Crippen molar-refractivity contribution in [3.8, 4) is 0 Å². The van der Waals surface area contributed by atoms with Crippen LogP contribution in [0.4, 0.5) is 5.69 Å². The molecule has 1 aliphatic carbocycles. The molecule has 1 saturated carbocycles. The summed E-state index contributed by atoms with van der Waals surface area (Å²) < 4.78 is 5.16. The summed E-state index contributed by atoms with van der Waals surface area (Å²) in [6.45, 7) is 2.78. The third-order valence-electron chi connectivity index (χ3n) is 3.46. The summed E-state index contributed by atoms with van der Waals surface area (Å²) in [4.78, 5) is 4.50. The number of para-hydroxylation sites is 1. The molecule has 18 heavy (non-hydrogen) atoms. The van der Waals surface area contributed by atoms with E-state index in [9.17, 15) is 0 Å². The lowest BCUT2D eigenvalue weighted by Crippen LogP contribution is -2.33. The topological polar surface area (TPSA) is 59.6 Å². The second-order valence-corrected chi connectivity index (χ2v) is 4.85. The zero-order chi connectivity index (χ0) is 13.0. The molecule has 1 aromatic carbocycles. The number of guanidine groups is 1. The fourth-order valence-corrected chi connectivity index (χ4v) is 2.11. The van der Waals surface area contributed by atoms with Crippen LogP contribution in [0.2, 0.25) is 0 Å². The largest absolute Gasteiger partial charge is 0.380 e. The maximum atomic E-state index is 5.94. The van der Waals surface area contributed by atoms with Crippen molar-refractivity contribution in [2.24, 2.45) is 16.6 Å². The number of ether oxygens (including phenoxy) is 1. The highest BCUT2D eigenvalue weighted by atomic mass is 16.5. The summed E-state index contributed by atoms with van der Waals surface area (Å²) >= 11 is 0. The third kappa shape index (κ3) is 3.01. The molecule has 4 nitrogen and oxygen atoms in total. The highest BCUT2D eigenvalue weighted by Gasteiger charge is 2.26. The molecule has 0 bridgehead atoms. The summed E-state index contributed by atoms with van der Waals surface area (Å²) in [6, 6.07) is 8.35. The average Bonchev–Trinajstić information content (AvgIpc) is 2.37. The van der Waals surface area contributed by atoms with E-state index in [4.69, 9.17) is 10.5 Å². The van der Waals surface area contributed by atoms with E-state index in [1.165, 1.54) is 6.42 Å². The van der Waals surface area contributed by atoms with Crippen molar-refractivity contribution in [2.75, 3.05) is 12.4 Å². The standard InChI is InChI=1S/C14H21N3O/c1-10-7-8-12(10)16-14(15)17-13-6-4-3-5-11(13)9-18-2/h3-6,10,12H,7-9H2,1-2H3,(H3,15,16,17). The Morgan fingerprint density at radius 1 is 1.44 bits per heavy atom. The zero-order valence-corrected chi connectivity index (χ0v) is 11.0. The van der Waals surface area contributed by atoms with Gasteiger partial charge in [0.1, 0.15) is 0 Å². The number of hydrogen-bond acceptors (Lipinski definition) is 2. The van der Waals surface area contributed by atoms with Crippen LogP contribution in [0.5, 0.6) is 0 Å². The number of benzene rings is 1. The lowest BCUT2D eigenvalue weighted by Gasteiger charge is -2.30. The summed E-state index contributed by atoms with van der Waals surface area (Å²) in [5.41, 5.74) is 7.99. The number of aliphatic imine (C=N–C) groups is 1. The smallest absolute Gasteiger partial charge is 0.193 e. The van der Waals surface area contributed by atoms with Gasteiger partial charge in [-0.05, 0) is 24.8 Å². The maximum Gasteiger partial charge on any atom is 0.193 e. The summed E-state index contributed by atoms with van der Waals surface area (Å²) in [7, 11) is 1.68. The number of nitrogens with two attached hydrogens (primary N) is 1. The quantitative estimate of drug-likeness (QED) is 0.634. The summed E-state index contributed by atoms with van der Waals surface area (Å²) in [6.07, 6.45) is 2.39. The predicted octanol–water partition coefficient (Wildman–Crippen LogP) is 2.36. The molecule has 1 aliphatic rings. The first-order valence-corrected chi connectivity index (χ1v) is 6.38. The van der Waals surface area contributed by atoms with Crippen molar-refractivity contribution >= 4 is 11.6 Å². The molecule has 0 heterocycles. The molecule has 2 atom stereocenters. The summed E-state index contributed by atoms with van der Waals surface area (Å²) in [5.74, 6) is 1.15. The number of methoxy groups -OCH3 is 1. The Balaban J connectivity index is 2.04. The first-order valence-electron chi connectivity index (χ1n) is 6.38. The van der Waals surface area contributed by atoms with Gasteiger partial charge in [0.15, 0.2) is 5.96 Å². The SMILES string of the molecule is COCc1ccccc1NC(N)=NC1CCC1C. The normalized spacial score (nSPS) is 23.6. The highest BCUT2D eigenvalue weighted by molar-refractivity contribution is 5.93. The van der Waals surface area contributed by atoms with Crippen LogP contribution in [0.1, 0.15) is 25.3 Å². The molecule has 0 spiro atoms. The van der Waals surface area contributed by atoms with Crippen LogP contribution in [0.3, 0.4) is 0 Å². The van der Waals surface area contributed by atoms with Crippen molar-refractivity contribution in [1.29, 1.82) is 0 Å². The molecule has 0 saturated heterocycles. The van der Waals surface area contributed by atoms with Gasteiger partial charge in [-0.3, -0.25) is 0 Å². The Morgan fingerprint density at radius 3 is 2.83 bits per heavy atom. The van der Waals surface area contributed by atoms with Gasteiger partial charge in [-0.25, -0.2) is 4.99 Å². The van der Waals surface area contributed by atoms with Gasteiger partial charge in [0.25, 0.3) is 0 Å². The molecule has 0 radical (unpaired) electrons. The Morgan fingerprint density at radius 2 is 2.22 bits per heavy atom. The highest BCUT2D eigenvalue weighted by Crippen LogP contribution is 2.29. The molecule has 1 aromatic rings. The van der Waals surface area contributed by atoms with Gasteiger partial charge in [-0.1, -0.05) is 25.1 Å². The molecule has 2 unspecified atom stereocenters. The minimum atomic E-state index is 0.382. The van der Waals surface area contributed by atoms with Gasteiger partial charge < -0.3 is 15.8 Å². The second-order valence-electron chi connectivity index (χ2n) is 4.85. The minimum Gasteiger partial charge on any atom is -0.380 e. The van der Waals surface area contributed by atoms with Gasteiger partial charge in [0.2, 0.25) is 0 Å². The van der Waals surface area contributed by atoms with E-state index in [1.807, 2.05) is 24.3 Å². The number of nitrogens with zero attached hydrogens (tertiary/aromatic N) is 1. The maximum absolute atomic E-state index is 5.94. The van der Waals surface area contributed by atoms with Crippen LogP contribution in [0, 0.1) is 5.92 Å². The fraction of sp³-hybridized carbons (Fsp3) is 0.500. The van der Waals surface area contributed by atoms with Crippen molar-refractivity contribution in [3.05, 3.63) is 29.8 Å². The average molecular weight is 247 g/mol. The lowest BCUT2D eigenvalue weighted by molar-refractivity contribution is 0.185. The summed E-state index contributed by atoms with van der Waals surface area (Å²) in [5, 5.41) is 3.16. The van der Waals surface area contributed by atoms with Crippen molar-refractivity contribution in [2.45, 2.75) is 32.4 Å². The van der Waals surface area contributed by atoms with E-state index >= 15 is 0 Å². The van der Waals surface area contributed by atoms with Gasteiger partial charge in [0, 0.05) is 18.4 Å². The Kier molecular flexibility index (Phi) is 4.20. The second kappa shape index (κ2) is 5.87. The molecule has 98 valence electrons. The molecular formula is C14H21N3O. The van der Waals surface area contributed by atoms with Crippen molar-refractivity contribution < 1.29 is 4.74 Å². The van der Waals surface area contributed by atoms with Crippen molar-refractivity contribution in [1.82, 2.24) is 0 Å². The predicted molar refractivity (Wildman–Crippen MR) is 74.6 cm³/mol. The number of hydrogen-bond donors (Lipinski definition) is 2. The van der Waals surface area contributed by atoms with E-state index in [1.54, 1.807) is 7.11 Å². The molecule has 4 heteroatoms. The van der Waals surface area contributed by atoms with Crippen molar-refractivity contribution in [3.63, 3.8) is 0 Å². The van der Waals surface area contributed by atoms with Crippen LogP contribution < -0.4 is 11.1 Å². The van der Waals surface area contributed by atoms with Crippen LogP contribution in [-0.4, -0.2) is 19.1 Å². The zero-order valence-electron chi connectivity index (χ0n) is 11.0. The number of nitrogens with one attached hydrogen (secondary N) is 1. The van der Waals surface area contributed by atoms with Crippen LogP contribution in [0.25, 0.3) is 0 Å². The molecule has 0 aliphatic heterocycles. The van der Waals surface area contributed by atoms with Crippen LogP contribution in [0.15, 0.2) is 29.3 Å². The Bertz CT molecular complexity index is 431. The first kappa shape index (κ1) is 12.9. The first-order chi connectivity index (χ1) is 8.70. The van der Waals surface area contributed by atoms with Gasteiger partial charge in [-0.2, -0.15) is 0 Å².